The molecule has 84 valence electrons. The van der Waals surface area contributed by atoms with E-state index < -0.39 is 11.7 Å². The van der Waals surface area contributed by atoms with Gasteiger partial charge in [-0.25, -0.2) is 4.79 Å². The molecule has 16 heavy (non-hydrogen) atoms. The Bertz CT molecular complexity index is 545. The summed E-state index contributed by atoms with van der Waals surface area (Å²) < 4.78 is 5.05. The lowest BCUT2D eigenvalue weighted by molar-refractivity contribution is 0.208. The largest absolute Gasteiger partial charge is 0.423 e. The molecule has 1 aromatic carbocycles. The van der Waals surface area contributed by atoms with Crippen LogP contribution in [0.5, 0.6) is 0 Å². The van der Waals surface area contributed by atoms with Crippen molar-refractivity contribution < 1.29 is 9.52 Å². The first-order valence-electron chi connectivity index (χ1n) is 5.11. The van der Waals surface area contributed by atoms with Crippen LogP contribution in [0.1, 0.15) is 6.92 Å². The fourth-order valence-electron chi connectivity index (χ4n) is 1.52. The molecule has 4 nitrogen and oxygen atoms in total. The predicted octanol–water partition coefficient (Wildman–Crippen LogP) is 1.59. The normalized spacial score (nSPS) is 12.6. The second kappa shape index (κ2) is 4.37. The third-order valence-corrected chi connectivity index (χ3v) is 2.24. The number of anilines is 1. The molecule has 0 fully saturated rings. The molecule has 1 heterocycles. The minimum absolute atomic E-state index is 0.396. The van der Waals surface area contributed by atoms with Gasteiger partial charge in [0.15, 0.2) is 0 Å². The second-order valence-electron chi connectivity index (χ2n) is 3.71. The molecule has 2 N–H and O–H groups in total. The highest BCUT2D eigenvalue weighted by atomic mass is 16.4. The number of hydrogen-bond donors (Lipinski definition) is 2. The van der Waals surface area contributed by atoms with Crippen LogP contribution in [0.3, 0.4) is 0 Å². The van der Waals surface area contributed by atoms with Crippen molar-refractivity contribution in [3.05, 3.63) is 40.8 Å². The number of para-hydroxylation sites is 1. The molecule has 0 aliphatic rings. The molecule has 0 radical (unpaired) electrons. The molecule has 2 rings (SSSR count). The van der Waals surface area contributed by atoms with Crippen LogP contribution < -0.4 is 10.9 Å². The van der Waals surface area contributed by atoms with E-state index in [0.717, 1.165) is 5.39 Å². The van der Waals surface area contributed by atoms with Gasteiger partial charge in [-0.05, 0) is 19.1 Å². The third-order valence-electron chi connectivity index (χ3n) is 2.24. The summed E-state index contributed by atoms with van der Waals surface area (Å²) in [4.78, 5) is 11.3. The molecule has 0 saturated heterocycles. The van der Waals surface area contributed by atoms with Crippen molar-refractivity contribution in [3.8, 4) is 0 Å². The molecule has 1 aromatic heterocycles. The van der Waals surface area contributed by atoms with Crippen LogP contribution in [0, 0.1) is 0 Å². The lowest BCUT2D eigenvalue weighted by Gasteiger charge is -2.09. The Hall–Kier alpha value is -1.81. The average Bonchev–Trinajstić information content (AvgIpc) is 2.25. The van der Waals surface area contributed by atoms with E-state index in [1.54, 1.807) is 13.0 Å². The Balaban J connectivity index is 2.46. The Labute approximate surface area is 92.5 Å². The van der Waals surface area contributed by atoms with Crippen LogP contribution in [-0.4, -0.2) is 17.8 Å². The van der Waals surface area contributed by atoms with E-state index in [0.29, 0.717) is 17.8 Å². The monoisotopic (exact) mass is 219 g/mol. The first-order chi connectivity index (χ1) is 7.66. The van der Waals surface area contributed by atoms with Crippen molar-refractivity contribution >= 4 is 16.7 Å². The van der Waals surface area contributed by atoms with Crippen molar-refractivity contribution in [1.29, 1.82) is 0 Å². The zero-order valence-electron chi connectivity index (χ0n) is 8.93. The highest BCUT2D eigenvalue weighted by molar-refractivity contribution is 5.89. The molecule has 0 saturated carbocycles. The SMILES string of the molecule is CC(O)CNc1cc(=O)oc2ccccc12. The van der Waals surface area contributed by atoms with Gasteiger partial charge < -0.3 is 14.8 Å². The Morgan fingerprint density at radius 2 is 2.19 bits per heavy atom. The van der Waals surface area contributed by atoms with Crippen LogP contribution in [0.25, 0.3) is 11.0 Å². The maximum atomic E-state index is 11.3. The number of fused-ring (bicyclic) bond motifs is 1. The van der Waals surface area contributed by atoms with Gasteiger partial charge in [0.25, 0.3) is 0 Å². The topological polar surface area (TPSA) is 62.5 Å². The van der Waals surface area contributed by atoms with Crippen molar-refractivity contribution in [2.45, 2.75) is 13.0 Å². The summed E-state index contributed by atoms with van der Waals surface area (Å²) in [6.07, 6.45) is -0.467. The number of aliphatic hydroxyl groups excluding tert-OH is 1. The average molecular weight is 219 g/mol. The fourth-order valence-corrected chi connectivity index (χ4v) is 1.52. The van der Waals surface area contributed by atoms with Gasteiger partial charge in [-0.3, -0.25) is 0 Å². The van der Waals surface area contributed by atoms with Gasteiger partial charge >= 0.3 is 5.63 Å². The van der Waals surface area contributed by atoms with Gasteiger partial charge in [0.2, 0.25) is 0 Å². The summed E-state index contributed by atoms with van der Waals surface area (Å²) in [7, 11) is 0. The number of rotatable bonds is 3. The lowest BCUT2D eigenvalue weighted by atomic mass is 10.2. The van der Waals surface area contributed by atoms with E-state index in [4.69, 9.17) is 4.42 Å². The summed E-state index contributed by atoms with van der Waals surface area (Å²) in [5, 5.41) is 13.0. The van der Waals surface area contributed by atoms with Crippen molar-refractivity contribution in [2.75, 3.05) is 11.9 Å². The van der Waals surface area contributed by atoms with E-state index in [-0.39, 0.29) is 0 Å². The zero-order chi connectivity index (χ0) is 11.5. The molecule has 0 bridgehead atoms. The quantitative estimate of drug-likeness (QED) is 0.769. The number of nitrogens with one attached hydrogen (secondary N) is 1. The van der Waals surface area contributed by atoms with Crippen LogP contribution in [0.2, 0.25) is 0 Å². The Kier molecular flexibility index (Phi) is 2.92. The standard InChI is InChI=1S/C12H13NO3/c1-8(14)7-13-10-6-12(15)16-11-5-3-2-4-9(10)11/h2-6,8,13-14H,7H2,1H3. The van der Waals surface area contributed by atoms with E-state index in [9.17, 15) is 9.90 Å². The lowest BCUT2D eigenvalue weighted by Crippen LogP contribution is -2.16. The first kappa shape index (κ1) is 10.7. The van der Waals surface area contributed by atoms with Crippen LogP contribution >= 0.6 is 0 Å². The molecule has 1 atom stereocenters. The van der Waals surface area contributed by atoms with Crippen molar-refractivity contribution in [1.82, 2.24) is 0 Å². The fraction of sp³-hybridized carbons (Fsp3) is 0.250. The number of hydrogen-bond acceptors (Lipinski definition) is 4. The van der Waals surface area contributed by atoms with E-state index in [1.165, 1.54) is 6.07 Å². The van der Waals surface area contributed by atoms with Crippen LogP contribution in [0.15, 0.2) is 39.5 Å². The van der Waals surface area contributed by atoms with Crippen LogP contribution in [-0.2, 0) is 0 Å². The smallest absolute Gasteiger partial charge is 0.338 e. The molecule has 1 unspecified atom stereocenters. The number of aliphatic hydroxyl groups is 1. The first-order valence-corrected chi connectivity index (χ1v) is 5.11. The van der Waals surface area contributed by atoms with E-state index in [2.05, 4.69) is 5.32 Å². The molecule has 0 aliphatic carbocycles. The minimum Gasteiger partial charge on any atom is -0.423 e. The minimum atomic E-state index is -0.467. The molecule has 2 aromatic rings. The molecular weight excluding hydrogens is 206 g/mol. The predicted molar refractivity (Wildman–Crippen MR) is 62.7 cm³/mol. The summed E-state index contributed by atoms with van der Waals surface area (Å²) in [6, 6.07) is 8.68. The highest BCUT2D eigenvalue weighted by Gasteiger charge is 2.04. The van der Waals surface area contributed by atoms with Crippen molar-refractivity contribution in [2.24, 2.45) is 0 Å². The van der Waals surface area contributed by atoms with E-state index >= 15 is 0 Å². The molecule has 0 spiro atoms. The second-order valence-corrected chi connectivity index (χ2v) is 3.71. The summed E-state index contributed by atoms with van der Waals surface area (Å²) >= 11 is 0. The maximum Gasteiger partial charge on any atom is 0.338 e. The number of benzene rings is 1. The Morgan fingerprint density at radius 1 is 1.44 bits per heavy atom. The van der Waals surface area contributed by atoms with Crippen LogP contribution in [0.4, 0.5) is 5.69 Å². The van der Waals surface area contributed by atoms with Crippen molar-refractivity contribution in [3.63, 3.8) is 0 Å². The van der Waals surface area contributed by atoms with Gasteiger partial charge in [0.1, 0.15) is 5.58 Å². The van der Waals surface area contributed by atoms with Gasteiger partial charge in [-0.1, -0.05) is 12.1 Å². The Morgan fingerprint density at radius 3 is 2.94 bits per heavy atom. The zero-order valence-corrected chi connectivity index (χ0v) is 8.93. The van der Waals surface area contributed by atoms with Gasteiger partial charge in [-0.15, -0.1) is 0 Å². The maximum absolute atomic E-state index is 11.3. The summed E-state index contributed by atoms with van der Waals surface area (Å²) in [5.74, 6) is 0. The third kappa shape index (κ3) is 2.23. The molecular formula is C12H13NO3. The van der Waals surface area contributed by atoms with Gasteiger partial charge in [0.05, 0.1) is 11.8 Å². The van der Waals surface area contributed by atoms with Gasteiger partial charge in [-0.2, -0.15) is 0 Å². The van der Waals surface area contributed by atoms with Gasteiger partial charge in [0, 0.05) is 18.0 Å². The molecule has 4 heteroatoms. The molecule has 0 amide bonds. The van der Waals surface area contributed by atoms with E-state index in [1.807, 2.05) is 18.2 Å². The summed E-state index contributed by atoms with van der Waals surface area (Å²) in [5.41, 5.74) is 0.836. The summed E-state index contributed by atoms with van der Waals surface area (Å²) in [6.45, 7) is 2.08. The highest BCUT2D eigenvalue weighted by Crippen LogP contribution is 2.20. The molecule has 0 aliphatic heterocycles.